The third-order valence-electron chi connectivity index (χ3n) is 3.53. The SMILES string of the molecule is NC1CC(Nc2ccc([N+](=O)[O-])c3cnccc23)C1. The Balaban J connectivity index is 2.01. The number of anilines is 1. The van der Waals surface area contributed by atoms with E-state index < -0.39 is 0 Å². The first-order valence-corrected chi connectivity index (χ1v) is 6.18. The predicted octanol–water partition coefficient (Wildman–Crippen LogP) is 2.04. The molecule has 0 radical (unpaired) electrons. The fourth-order valence-electron chi connectivity index (χ4n) is 2.46. The number of pyridine rings is 1. The zero-order valence-electron chi connectivity index (χ0n) is 10.2. The van der Waals surface area contributed by atoms with Crippen LogP contribution in [0, 0.1) is 10.1 Å². The molecule has 1 fully saturated rings. The maximum Gasteiger partial charge on any atom is 0.278 e. The summed E-state index contributed by atoms with van der Waals surface area (Å²) >= 11 is 0. The minimum atomic E-state index is -0.382. The fourth-order valence-corrected chi connectivity index (χ4v) is 2.46. The lowest BCUT2D eigenvalue weighted by Crippen LogP contribution is -2.44. The second-order valence-electron chi connectivity index (χ2n) is 4.88. The van der Waals surface area contributed by atoms with E-state index >= 15 is 0 Å². The Morgan fingerprint density at radius 1 is 1.32 bits per heavy atom. The second kappa shape index (κ2) is 4.47. The number of nitrogens with two attached hydrogens (primary N) is 1. The number of nitro groups is 1. The number of rotatable bonds is 3. The molecule has 1 aromatic heterocycles. The van der Waals surface area contributed by atoms with E-state index in [1.807, 2.05) is 0 Å². The van der Waals surface area contributed by atoms with Crippen LogP contribution in [-0.4, -0.2) is 22.0 Å². The van der Waals surface area contributed by atoms with Crippen LogP contribution in [0.4, 0.5) is 11.4 Å². The summed E-state index contributed by atoms with van der Waals surface area (Å²) in [5.74, 6) is 0. The lowest BCUT2D eigenvalue weighted by Gasteiger charge is -2.34. The van der Waals surface area contributed by atoms with Gasteiger partial charge in [0.1, 0.15) is 0 Å². The molecule has 2 aromatic rings. The Morgan fingerprint density at radius 3 is 2.79 bits per heavy atom. The number of aromatic nitrogens is 1. The summed E-state index contributed by atoms with van der Waals surface area (Å²) in [5, 5.41) is 15.8. The lowest BCUT2D eigenvalue weighted by molar-refractivity contribution is -0.383. The number of nitro benzene ring substituents is 1. The molecule has 0 bridgehead atoms. The Kier molecular flexibility index (Phi) is 2.79. The van der Waals surface area contributed by atoms with E-state index in [4.69, 9.17) is 5.73 Å². The van der Waals surface area contributed by atoms with Gasteiger partial charge >= 0.3 is 0 Å². The van der Waals surface area contributed by atoms with Crippen LogP contribution >= 0.6 is 0 Å². The lowest BCUT2D eigenvalue weighted by atomic mass is 9.87. The van der Waals surface area contributed by atoms with Gasteiger partial charge in [-0.1, -0.05) is 0 Å². The largest absolute Gasteiger partial charge is 0.382 e. The number of hydrogen-bond acceptors (Lipinski definition) is 5. The second-order valence-corrected chi connectivity index (χ2v) is 4.88. The third kappa shape index (κ3) is 2.10. The molecule has 3 rings (SSSR count). The van der Waals surface area contributed by atoms with Crippen molar-refractivity contribution in [1.82, 2.24) is 4.98 Å². The molecule has 0 atom stereocenters. The molecule has 0 unspecified atom stereocenters. The van der Waals surface area contributed by atoms with E-state index in [1.165, 1.54) is 12.3 Å². The third-order valence-corrected chi connectivity index (χ3v) is 3.53. The average Bonchev–Trinajstić information content (AvgIpc) is 2.36. The van der Waals surface area contributed by atoms with E-state index in [0.717, 1.165) is 23.9 Å². The highest BCUT2D eigenvalue weighted by Gasteiger charge is 2.26. The van der Waals surface area contributed by atoms with Crippen molar-refractivity contribution >= 4 is 22.1 Å². The molecule has 1 aromatic carbocycles. The van der Waals surface area contributed by atoms with E-state index in [0.29, 0.717) is 11.4 Å². The highest BCUT2D eigenvalue weighted by Crippen LogP contribution is 2.32. The van der Waals surface area contributed by atoms with Gasteiger partial charge in [-0.05, 0) is 25.0 Å². The van der Waals surface area contributed by atoms with Crippen molar-refractivity contribution in [2.24, 2.45) is 5.73 Å². The number of nitrogens with one attached hydrogen (secondary N) is 1. The molecular weight excluding hydrogens is 244 g/mol. The van der Waals surface area contributed by atoms with Gasteiger partial charge in [0, 0.05) is 41.6 Å². The van der Waals surface area contributed by atoms with Crippen molar-refractivity contribution in [1.29, 1.82) is 0 Å². The summed E-state index contributed by atoms with van der Waals surface area (Å²) in [5.41, 5.74) is 6.74. The van der Waals surface area contributed by atoms with Gasteiger partial charge in [-0.2, -0.15) is 0 Å². The molecule has 1 saturated carbocycles. The molecule has 0 spiro atoms. The fraction of sp³-hybridized carbons (Fsp3) is 0.308. The van der Waals surface area contributed by atoms with E-state index in [9.17, 15) is 10.1 Å². The van der Waals surface area contributed by atoms with E-state index in [2.05, 4.69) is 10.3 Å². The molecule has 0 aliphatic heterocycles. The molecule has 19 heavy (non-hydrogen) atoms. The zero-order valence-corrected chi connectivity index (χ0v) is 10.2. The molecule has 6 heteroatoms. The Hall–Kier alpha value is -2.21. The van der Waals surface area contributed by atoms with Crippen LogP contribution in [0.15, 0.2) is 30.6 Å². The van der Waals surface area contributed by atoms with Gasteiger partial charge in [0.25, 0.3) is 5.69 Å². The normalized spacial score (nSPS) is 21.9. The maximum absolute atomic E-state index is 11.0. The summed E-state index contributed by atoms with van der Waals surface area (Å²) in [6, 6.07) is 5.69. The molecule has 1 aliphatic rings. The van der Waals surface area contributed by atoms with Crippen LogP contribution < -0.4 is 11.1 Å². The van der Waals surface area contributed by atoms with Crippen LogP contribution in [0.2, 0.25) is 0 Å². The maximum atomic E-state index is 11.0. The Morgan fingerprint density at radius 2 is 2.11 bits per heavy atom. The summed E-state index contributed by atoms with van der Waals surface area (Å²) in [7, 11) is 0. The van der Waals surface area contributed by atoms with E-state index in [1.54, 1.807) is 18.3 Å². The average molecular weight is 258 g/mol. The van der Waals surface area contributed by atoms with Gasteiger partial charge in [-0.3, -0.25) is 15.1 Å². The zero-order chi connectivity index (χ0) is 13.4. The Labute approximate surface area is 109 Å². The number of benzene rings is 1. The first-order valence-electron chi connectivity index (χ1n) is 6.18. The monoisotopic (exact) mass is 258 g/mol. The number of nitrogens with zero attached hydrogens (tertiary/aromatic N) is 2. The number of hydrogen-bond donors (Lipinski definition) is 2. The molecule has 1 aliphatic carbocycles. The van der Waals surface area contributed by atoms with Crippen molar-refractivity contribution in [3.05, 3.63) is 40.7 Å². The quantitative estimate of drug-likeness (QED) is 0.649. The van der Waals surface area contributed by atoms with Crippen molar-refractivity contribution < 1.29 is 4.92 Å². The standard InChI is InChI=1S/C13H14N4O2/c14-8-5-9(6-8)16-12-1-2-13(17(18)19)11-7-15-4-3-10(11)12/h1-4,7-9,16H,5-6,14H2. The van der Waals surface area contributed by atoms with Gasteiger partial charge in [0.15, 0.2) is 0 Å². The minimum absolute atomic E-state index is 0.0824. The molecule has 6 nitrogen and oxygen atoms in total. The van der Waals surface area contributed by atoms with Gasteiger partial charge in [-0.25, -0.2) is 0 Å². The van der Waals surface area contributed by atoms with Crippen molar-refractivity contribution in [2.45, 2.75) is 24.9 Å². The van der Waals surface area contributed by atoms with Crippen molar-refractivity contribution in [3.8, 4) is 0 Å². The van der Waals surface area contributed by atoms with Crippen molar-refractivity contribution in [3.63, 3.8) is 0 Å². The number of non-ortho nitro benzene ring substituents is 1. The first-order chi connectivity index (χ1) is 9.15. The topological polar surface area (TPSA) is 94.1 Å². The summed E-state index contributed by atoms with van der Waals surface area (Å²) in [6.07, 6.45) is 5.04. The number of fused-ring (bicyclic) bond motifs is 1. The highest BCUT2D eigenvalue weighted by atomic mass is 16.6. The van der Waals surface area contributed by atoms with Crippen LogP contribution in [0.5, 0.6) is 0 Å². The molecule has 98 valence electrons. The summed E-state index contributed by atoms with van der Waals surface area (Å²) in [6.45, 7) is 0. The summed E-state index contributed by atoms with van der Waals surface area (Å²) in [4.78, 5) is 14.6. The van der Waals surface area contributed by atoms with Crippen molar-refractivity contribution in [2.75, 3.05) is 5.32 Å². The van der Waals surface area contributed by atoms with E-state index in [-0.39, 0.29) is 16.7 Å². The van der Waals surface area contributed by atoms with Gasteiger partial charge in [-0.15, -0.1) is 0 Å². The highest BCUT2D eigenvalue weighted by molar-refractivity contribution is 5.99. The Bertz CT molecular complexity index is 638. The van der Waals surface area contributed by atoms with Crippen LogP contribution in [0.3, 0.4) is 0 Å². The van der Waals surface area contributed by atoms with Gasteiger partial charge in [0.05, 0.1) is 10.3 Å². The van der Waals surface area contributed by atoms with Crippen LogP contribution in [0.25, 0.3) is 10.8 Å². The molecule has 0 saturated heterocycles. The molecule has 1 heterocycles. The van der Waals surface area contributed by atoms with Gasteiger partial charge < -0.3 is 11.1 Å². The van der Waals surface area contributed by atoms with Crippen LogP contribution in [0.1, 0.15) is 12.8 Å². The molecule has 3 N–H and O–H groups in total. The first kappa shape index (κ1) is 11.9. The smallest absolute Gasteiger partial charge is 0.278 e. The molecular formula is C13H14N4O2. The summed E-state index contributed by atoms with van der Waals surface area (Å²) < 4.78 is 0. The minimum Gasteiger partial charge on any atom is -0.382 e. The van der Waals surface area contributed by atoms with Gasteiger partial charge in [0.2, 0.25) is 0 Å². The van der Waals surface area contributed by atoms with Crippen LogP contribution in [-0.2, 0) is 0 Å². The molecule has 0 amide bonds. The predicted molar refractivity (Wildman–Crippen MR) is 73.0 cm³/mol.